The van der Waals surface area contributed by atoms with E-state index in [2.05, 4.69) is 16.5 Å². The van der Waals surface area contributed by atoms with Crippen LogP contribution in [-0.2, 0) is 18.4 Å². The fraction of sp³-hybridized carbons (Fsp3) is 0.412. The predicted molar refractivity (Wildman–Crippen MR) is 83.4 cm³/mol. The Balaban J connectivity index is 1.36. The smallest absolute Gasteiger partial charge is 0.265 e. The zero-order chi connectivity index (χ0) is 15.8. The molecule has 1 saturated carbocycles. The van der Waals surface area contributed by atoms with Crippen LogP contribution in [0.3, 0.4) is 0 Å². The summed E-state index contributed by atoms with van der Waals surface area (Å²) in [5.41, 5.74) is 2.13. The van der Waals surface area contributed by atoms with Crippen molar-refractivity contribution in [3.8, 4) is 11.5 Å². The van der Waals surface area contributed by atoms with E-state index >= 15 is 0 Å². The molecular formula is C17H19N3O3. The third kappa shape index (κ3) is 2.88. The van der Waals surface area contributed by atoms with Gasteiger partial charge in [0.05, 0.1) is 12.2 Å². The Kier molecular flexibility index (Phi) is 3.44. The molecule has 1 fully saturated rings. The minimum atomic E-state index is -0.628. The second-order valence-electron chi connectivity index (χ2n) is 6.04. The number of carbonyl (C=O) groups excluding carboxylic acids is 1. The number of para-hydroxylation sites is 2. The Bertz CT molecular complexity index is 736. The standard InChI is InChI=1S/C17H19N3O3/c1-20-13(11-6-7-11)8-12(19-20)9-18-17(21)16-10-22-14-4-2-3-5-15(14)23-16/h2-5,8,11,16H,6-7,9-10H2,1H3,(H,18,21)/t16-/m1/s1. The second-order valence-corrected chi connectivity index (χ2v) is 6.04. The molecule has 0 radical (unpaired) electrons. The van der Waals surface area contributed by atoms with Crippen LogP contribution < -0.4 is 14.8 Å². The summed E-state index contributed by atoms with van der Waals surface area (Å²) in [4.78, 5) is 12.3. The SMILES string of the molecule is Cn1nc(CNC(=O)[C@H]2COc3ccccc3O2)cc1C1CC1. The number of ether oxygens (including phenoxy) is 2. The molecule has 1 atom stereocenters. The maximum atomic E-state index is 12.3. The lowest BCUT2D eigenvalue weighted by Gasteiger charge is -2.25. The molecule has 2 heterocycles. The molecule has 0 spiro atoms. The molecule has 0 bridgehead atoms. The quantitative estimate of drug-likeness (QED) is 0.934. The van der Waals surface area contributed by atoms with Crippen LogP contribution in [0.2, 0.25) is 0 Å². The van der Waals surface area contributed by atoms with Crippen LogP contribution >= 0.6 is 0 Å². The van der Waals surface area contributed by atoms with Crippen molar-refractivity contribution in [2.24, 2.45) is 7.05 Å². The molecule has 1 aromatic heterocycles. The summed E-state index contributed by atoms with van der Waals surface area (Å²) in [6.07, 6.45) is 1.84. The molecule has 6 nitrogen and oxygen atoms in total. The zero-order valence-electron chi connectivity index (χ0n) is 13.0. The van der Waals surface area contributed by atoms with Gasteiger partial charge in [0.1, 0.15) is 6.61 Å². The number of nitrogens with one attached hydrogen (secondary N) is 1. The van der Waals surface area contributed by atoms with Gasteiger partial charge in [0.15, 0.2) is 11.5 Å². The van der Waals surface area contributed by atoms with E-state index in [-0.39, 0.29) is 12.5 Å². The topological polar surface area (TPSA) is 65.4 Å². The van der Waals surface area contributed by atoms with E-state index in [1.807, 2.05) is 29.9 Å². The first kappa shape index (κ1) is 14.1. The van der Waals surface area contributed by atoms with Gasteiger partial charge in [-0.15, -0.1) is 0 Å². The number of hydrogen-bond donors (Lipinski definition) is 1. The first-order chi connectivity index (χ1) is 11.2. The highest BCUT2D eigenvalue weighted by atomic mass is 16.6. The minimum absolute atomic E-state index is 0.182. The van der Waals surface area contributed by atoms with Crippen LogP contribution in [0.4, 0.5) is 0 Å². The second kappa shape index (κ2) is 5.61. The molecule has 2 aliphatic rings. The Morgan fingerprint density at radius 3 is 2.91 bits per heavy atom. The Hall–Kier alpha value is -2.50. The summed E-state index contributed by atoms with van der Waals surface area (Å²) in [6.45, 7) is 0.624. The van der Waals surface area contributed by atoms with Crippen molar-refractivity contribution in [2.75, 3.05) is 6.61 Å². The molecule has 1 aliphatic heterocycles. The van der Waals surface area contributed by atoms with Gasteiger partial charge in [0.25, 0.3) is 5.91 Å². The van der Waals surface area contributed by atoms with Crippen molar-refractivity contribution in [1.82, 2.24) is 15.1 Å². The Morgan fingerprint density at radius 2 is 2.13 bits per heavy atom. The summed E-state index contributed by atoms with van der Waals surface area (Å²) < 4.78 is 13.2. The number of rotatable bonds is 4. The monoisotopic (exact) mass is 313 g/mol. The van der Waals surface area contributed by atoms with Crippen LogP contribution in [-0.4, -0.2) is 28.4 Å². The molecule has 1 amide bonds. The van der Waals surface area contributed by atoms with Gasteiger partial charge in [-0.05, 0) is 31.0 Å². The van der Waals surface area contributed by atoms with E-state index in [4.69, 9.17) is 9.47 Å². The van der Waals surface area contributed by atoms with Gasteiger partial charge in [0, 0.05) is 18.7 Å². The summed E-state index contributed by atoms with van der Waals surface area (Å²) >= 11 is 0. The van der Waals surface area contributed by atoms with E-state index in [1.165, 1.54) is 18.5 Å². The maximum Gasteiger partial charge on any atom is 0.265 e. The van der Waals surface area contributed by atoms with E-state index in [9.17, 15) is 4.79 Å². The van der Waals surface area contributed by atoms with Gasteiger partial charge >= 0.3 is 0 Å². The van der Waals surface area contributed by atoms with E-state index < -0.39 is 6.10 Å². The summed E-state index contributed by atoms with van der Waals surface area (Å²) in [5.74, 6) is 1.74. The number of amides is 1. The van der Waals surface area contributed by atoms with Crippen molar-refractivity contribution < 1.29 is 14.3 Å². The van der Waals surface area contributed by atoms with Crippen molar-refractivity contribution >= 4 is 5.91 Å². The minimum Gasteiger partial charge on any atom is -0.485 e. The van der Waals surface area contributed by atoms with Crippen molar-refractivity contribution in [3.05, 3.63) is 41.7 Å². The van der Waals surface area contributed by atoms with Gasteiger partial charge in [-0.2, -0.15) is 5.10 Å². The lowest BCUT2D eigenvalue weighted by molar-refractivity contribution is -0.130. The average Bonchev–Trinajstić information content (AvgIpc) is 3.35. The van der Waals surface area contributed by atoms with E-state index in [0.717, 1.165) is 5.69 Å². The van der Waals surface area contributed by atoms with Crippen molar-refractivity contribution in [1.29, 1.82) is 0 Å². The van der Waals surface area contributed by atoms with Gasteiger partial charge in [0.2, 0.25) is 6.10 Å². The fourth-order valence-corrected chi connectivity index (χ4v) is 2.83. The number of nitrogens with zero attached hydrogens (tertiary/aromatic N) is 2. The number of hydrogen-bond acceptors (Lipinski definition) is 4. The van der Waals surface area contributed by atoms with Crippen LogP contribution in [0.15, 0.2) is 30.3 Å². The molecular weight excluding hydrogens is 294 g/mol. The normalized spacial score (nSPS) is 19.4. The van der Waals surface area contributed by atoms with Crippen LogP contribution in [0.1, 0.15) is 30.1 Å². The molecule has 2 aromatic rings. The van der Waals surface area contributed by atoms with Crippen molar-refractivity contribution in [3.63, 3.8) is 0 Å². The number of aryl methyl sites for hydroxylation is 1. The average molecular weight is 313 g/mol. The van der Waals surface area contributed by atoms with Crippen LogP contribution in [0, 0.1) is 0 Å². The fourth-order valence-electron chi connectivity index (χ4n) is 2.83. The first-order valence-electron chi connectivity index (χ1n) is 7.90. The Labute approximate surface area is 134 Å². The summed E-state index contributed by atoms with van der Waals surface area (Å²) in [6, 6.07) is 9.44. The van der Waals surface area contributed by atoms with Gasteiger partial charge < -0.3 is 14.8 Å². The number of fused-ring (bicyclic) bond motifs is 1. The molecule has 1 N–H and O–H groups in total. The van der Waals surface area contributed by atoms with Gasteiger partial charge in [-0.25, -0.2) is 0 Å². The van der Waals surface area contributed by atoms with Crippen molar-refractivity contribution in [2.45, 2.75) is 31.4 Å². The zero-order valence-corrected chi connectivity index (χ0v) is 13.0. The number of benzene rings is 1. The molecule has 1 aliphatic carbocycles. The van der Waals surface area contributed by atoms with E-state index in [0.29, 0.717) is 24.0 Å². The predicted octanol–water partition coefficient (Wildman–Crippen LogP) is 1.75. The van der Waals surface area contributed by atoms with E-state index in [1.54, 1.807) is 6.07 Å². The highest BCUT2D eigenvalue weighted by Gasteiger charge is 2.29. The summed E-state index contributed by atoms with van der Waals surface area (Å²) in [5, 5.41) is 7.33. The molecule has 0 unspecified atom stereocenters. The first-order valence-corrected chi connectivity index (χ1v) is 7.90. The lowest BCUT2D eigenvalue weighted by Crippen LogP contribution is -2.43. The largest absolute Gasteiger partial charge is 0.485 e. The van der Waals surface area contributed by atoms with Gasteiger partial charge in [-0.1, -0.05) is 12.1 Å². The molecule has 0 saturated heterocycles. The van der Waals surface area contributed by atoms with Crippen LogP contribution in [0.5, 0.6) is 11.5 Å². The van der Waals surface area contributed by atoms with Gasteiger partial charge in [-0.3, -0.25) is 9.48 Å². The highest BCUT2D eigenvalue weighted by molar-refractivity contribution is 5.81. The number of carbonyl (C=O) groups is 1. The molecule has 6 heteroatoms. The molecule has 23 heavy (non-hydrogen) atoms. The molecule has 120 valence electrons. The third-order valence-corrected chi connectivity index (χ3v) is 4.21. The highest BCUT2D eigenvalue weighted by Crippen LogP contribution is 2.39. The third-order valence-electron chi connectivity index (χ3n) is 4.21. The maximum absolute atomic E-state index is 12.3. The number of aromatic nitrogens is 2. The lowest BCUT2D eigenvalue weighted by atomic mass is 10.2. The molecule has 4 rings (SSSR count). The summed E-state index contributed by atoms with van der Waals surface area (Å²) in [7, 11) is 1.95. The van der Waals surface area contributed by atoms with Crippen LogP contribution in [0.25, 0.3) is 0 Å². The Morgan fingerprint density at radius 1 is 1.35 bits per heavy atom. The molecule has 1 aromatic carbocycles.